The molecule has 0 unspecified atom stereocenters. The highest BCUT2D eigenvalue weighted by molar-refractivity contribution is 5.27. The Balaban J connectivity index is 2.27. The van der Waals surface area contributed by atoms with Crippen LogP contribution in [0.25, 0.3) is 0 Å². The Morgan fingerprint density at radius 3 is 2.56 bits per heavy atom. The van der Waals surface area contributed by atoms with E-state index in [-0.39, 0.29) is 0 Å². The lowest BCUT2D eigenvalue weighted by Gasteiger charge is -2.07. The summed E-state index contributed by atoms with van der Waals surface area (Å²) >= 11 is 0. The van der Waals surface area contributed by atoms with Gasteiger partial charge in [0.25, 0.3) is 0 Å². The lowest BCUT2D eigenvalue weighted by molar-refractivity contribution is 0.328. The van der Waals surface area contributed by atoms with Crippen LogP contribution in [0.4, 0.5) is 0 Å². The highest BCUT2D eigenvalue weighted by Gasteiger charge is 1.94. The maximum Gasteiger partial charge on any atom is 0.119 e. The molecule has 0 fully saturated rings. The van der Waals surface area contributed by atoms with Crippen LogP contribution in [0.5, 0.6) is 5.75 Å². The molecule has 16 heavy (non-hydrogen) atoms. The van der Waals surface area contributed by atoms with Crippen molar-refractivity contribution in [2.24, 2.45) is 5.73 Å². The van der Waals surface area contributed by atoms with Crippen molar-refractivity contribution in [1.82, 2.24) is 10.6 Å². The van der Waals surface area contributed by atoms with Crippen molar-refractivity contribution in [2.75, 3.05) is 33.3 Å². The molecule has 1 aromatic rings. The van der Waals surface area contributed by atoms with Crippen molar-refractivity contribution < 1.29 is 4.74 Å². The fourth-order valence-corrected chi connectivity index (χ4v) is 1.33. The molecule has 4 nitrogen and oxygen atoms in total. The summed E-state index contributed by atoms with van der Waals surface area (Å²) in [5.41, 5.74) is 6.62. The third-order valence-corrected chi connectivity index (χ3v) is 2.19. The van der Waals surface area contributed by atoms with Crippen molar-refractivity contribution in [3.8, 4) is 5.75 Å². The molecule has 0 saturated carbocycles. The van der Waals surface area contributed by atoms with E-state index in [9.17, 15) is 0 Å². The first kappa shape index (κ1) is 13.0. The van der Waals surface area contributed by atoms with Crippen molar-refractivity contribution in [3.05, 3.63) is 29.8 Å². The Bertz CT molecular complexity index is 274. The summed E-state index contributed by atoms with van der Waals surface area (Å²) in [5.74, 6) is 0.879. The van der Waals surface area contributed by atoms with Crippen molar-refractivity contribution in [3.63, 3.8) is 0 Å². The van der Waals surface area contributed by atoms with E-state index < -0.39 is 0 Å². The van der Waals surface area contributed by atoms with Gasteiger partial charge in [0, 0.05) is 26.2 Å². The first-order chi connectivity index (χ1) is 7.86. The number of hydrogen-bond donors (Lipinski definition) is 3. The van der Waals surface area contributed by atoms with E-state index in [4.69, 9.17) is 10.5 Å². The fraction of sp³-hybridized carbons (Fsp3) is 0.500. The van der Waals surface area contributed by atoms with Crippen LogP contribution in [0.1, 0.15) is 5.56 Å². The molecule has 0 radical (unpaired) electrons. The Morgan fingerprint density at radius 1 is 1.19 bits per heavy atom. The quantitative estimate of drug-likeness (QED) is 0.556. The summed E-state index contributed by atoms with van der Waals surface area (Å²) in [6.45, 7) is 3.96. The lowest BCUT2D eigenvalue weighted by atomic mass is 10.2. The number of rotatable bonds is 8. The van der Waals surface area contributed by atoms with E-state index in [2.05, 4.69) is 22.8 Å². The molecule has 0 aromatic heterocycles. The van der Waals surface area contributed by atoms with Crippen molar-refractivity contribution in [2.45, 2.75) is 6.54 Å². The number of hydrogen-bond acceptors (Lipinski definition) is 4. The average molecular weight is 223 g/mol. The van der Waals surface area contributed by atoms with Crippen LogP contribution >= 0.6 is 0 Å². The second-order valence-corrected chi connectivity index (χ2v) is 3.56. The van der Waals surface area contributed by atoms with Gasteiger partial charge < -0.3 is 21.1 Å². The van der Waals surface area contributed by atoms with Crippen LogP contribution in [-0.4, -0.2) is 33.3 Å². The van der Waals surface area contributed by atoms with Gasteiger partial charge in [-0.2, -0.15) is 0 Å². The second kappa shape index (κ2) is 8.10. The summed E-state index contributed by atoms with van der Waals surface area (Å²) in [7, 11) is 1.95. The summed E-state index contributed by atoms with van der Waals surface area (Å²) in [6.07, 6.45) is 0. The van der Waals surface area contributed by atoms with Crippen LogP contribution in [0.3, 0.4) is 0 Å². The van der Waals surface area contributed by atoms with Gasteiger partial charge in [-0.05, 0) is 24.7 Å². The molecule has 0 heterocycles. The molecule has 0 amide bonds. The molecule has 4 N–H and O–H groups in total. The van der Waals surface area contributed by atoms with Gasteiger partial charge in [-0.1, -0.05) is 12.1 Å². The standard InChI is InChI=1S/C12H21N3O/c1-14-7-8-15-10-11-2-4-12(5-3-11)16-9-6-13/h2-5,14-15H,6-10,13H2,1H3. The Kier molecular flexibility index (Phi) is 6.56. The first-order valence-corrected chi connectivity index (χ1v) is 5.64. The highest BCUT2D eigenvalue weighted by atomic mass is 16.5. The molecule has 0 saturated heterocycles. The zero-order chi connectivity index (χ0) is 11.6. The Labute approximate surface area is 97.2 Å². The summed E-state index contributed by atoms with van der Waals surface area (Å²) in [5, 5.41) is 6.43. The molecule has 0 atom stereocenters. The molecular weight excluding hydrogens is 202 g/mol. The van der Waals surface area contributed by atoms with Crippen LogP contribution in [0, 0.1) is 0 Å². The van der Waals surface area contributed by atoms with Gasteiger partial charge in [0.15, 0.2) is 0 Å². The minimum absolute atomic E-state index is 0.549. The third-order valence-electron chi connectivity index (χ3n) is 2.19. The number of ether oxygens (including phenoxy) is 1. The van der Waals surface area contributed by atoms with Crippen molar-refractivity contribution in [1.29, 1.82) is 0 Å². The second-order valence-electron chi connectivity index (χ2n) is 3.56. The molecular formula is C12H21N3O. The van der Waals surface area contributed by atoms with Gasteiger partial charge in [-0.25, -0.2) is 0 Å². The Hall–Kier alpha value is -1.10. The summed E-state index contributed by atoms with van der Waals surface area (Å²) in [6, 6.07) is 8.09. The molecule has 0 aliphatic heterocycles. The zero-order valence-electron chi connectivity index (χ0n) is 9.83. The van der Waals surface area contributed by atoms with Crippen LogP contribution in [-0.2, 0) is 6.54 Å². The first-order valence-electron chi connectivity index (χ1n) is 5.64. The maximum atomic E-state index is 5.40. The lowest BCUT2D eigenvalue weighted by Crippen LogP contribution is -2.24. The maximum absolute atomic E-state index is 5.40. The topological polar surface area (TPSA) is 59.3 Å². The molecule has 0 aliphatic carbocycles. The molecule has 1 aromatic carbocycles. The smallest absolute Gasteiger partial charge is 0.119 e. The summed E-state index contributed by atoms with van der Waals surface area (Å²) < 4.78 is 5.40. The van der Waals surface area contributed by atoms with E-state index in [1.807, 2.05) is 19.2 Å². The highest BCUT2D eigenvalue weighted by Crippen LogP contribution is 2.11. The normalized spacial score (nSPS) is 10.4. The zero-order valence-corrected chi connectivity index (χ0v) is 9.83. The van der Waals surface area contributed by atoms with Gasteiger partial charge in [-0.3, -0.25) is 0 Å². The van der Waals surface area contributed by atoms with E-state index in [1.165, 1.54) is 5.56 Å². The molecule has 1 rings (SSSR count). The number of benzene rings is 1. The average Bonchev–Trinajstić information content (AvgIpc) is 2.33. The van der Waals surface area contributed by atoms with Crippen molar-refractivity contribution >= 4 is 0 Å². The SMILES string of the molecule is CNCCNCc1ccc(OCCN)cc1. The summed E-state index contributed by atoms with van der Waals surface area (Å²) in [4.78, 5) is 0. The van der Waals surface area contributed by atoms with E-state index >= 15 is 0 Å². The van der Waals surface area contributed by atoms with Gasteiger partial charge in [0.1, 0.15) is 12.4 Å². The molecule has 0 aliphatic rings. The van der Waals surface area contributed by atoms with E-state index in [0.717, 1.165) is 25.4 Å². The van der Waals surface area contributed by atoms with Gasteiger partial charge in [-0.15, -0.1) is 0 Å². The van der Waals surface area contributed by atoms with Crippen LogP contribution in [0.2, 0.25) is 0 Å². The van der Waals surface area contributed by atoms with Gasteiger partial charge in [0.05, 0.1) is 0 Å². The third kappa shape index (κ3) is 5.11. The van der Waals surface area contributed by atoms with Gasteiger partial charge in [0.2, 0.25) is 0 Å². The number of nitrogens with one attached hydrogen (secondary N) is 2. The van der Waals surface area contributed by atoms with Crippen LogP contribution in [0.15, 0.2) is 24.3 Å². The van der Waals surface area contributed by atoms with Gasteiger partial charge >= 0.3 is 0 Å². The number of likely N-dealkylation sites (N-methyl/N-ethyl adjacent to an activating group) is 1. The van der Waals surface area contributed by atoms with E-state index in [1.54, 1.807) is 0 Å². The Morgan fingerprint density at radius 2 is 1.94 bits per heavy atom. The molecule has 4 heteroatoms. The fourth-order valence-electron chi connectivity index (χ4n) is 1.33. The van der Waals surface area contributed by atoms with Crippen LogP contribution < -0.4 is 21.1 Å². The minimum atomic E-state index is 0.549. The molecule has 0 spiro atoms. The predicted molar refractivity (Wildman–Crippen MR) is 66.6 cm³/mol. The molecule has 0 bridgehead atoms. The minimum Gasteiger partial charge on any atom is -0.492 e. The van der Waals surface area contributed by atoms with E-state index in [0.29, 0.717) is 13.2 Å². The monoisotopic (exact) mass is 223 g/mol. The predicted octanol–water partition coefficient (Wildman–Crippen LogP) is 0.333. The number of nitrogens with two attached hydrogens (primary N) is 1. The largest absolute Gasteiger partial charge is 0.492 e. The molecule has 90 valence electrons.